The topological polar surface area (TPSA) is 58.5 Å². The second-order valence-electron chi connectivity index (χ2n) is 4.61. The van der Waals surface area contributed by atoms with Crippen LogP contribution >= 0.6 is 0 Å². The molecule has 124 valence electrons. The highest BCUT2D eigenvalue weighted by Gasteiger charge is 2.28. The summed E-state index contributed by atoms with van der Waals surface area (Å²) in [5, 5.41) is 6.22. The molecule has 0 atom stereocenters. The van der Waals surface area contributed by atoms with Crippen molar-refractivity contribution in [2.45, 2.75) is 32.5 Å². The van der Waals surface area contributed by atoms with E-state index in [1.165, 1.54) is 12.3 Å². The maximum atomic E-state index is 12.1. The van der Waals surface area contributed by atoms with Crippen molar-refractivity contribution >= 4 is 5.96 Å². The number of hydrogen-bond acceptors (Lipinski definition) is 3. The molecule has 8 heteroatoms. The van der Waals surface area contributed by atoms with Gasteiger partial charge < -0.3 is 15.4 Å². The fourth-order valence-electron chi connectivity index (χ4n) is 1.59. The molecule has 0 saturated heterocycles. The highest BCUT2D eigenvalue weighted by atomic mass is 19.4. The second kappa shape index (κ2) is 9.11. The lowest BCUT2D eigenvalue weighted by molar-refractivity contribution is -0.154. The normalized spacial score (nSPS) is 12.1. The van der Waals surface area contributed by atoms with Crippen LogP contribution in [0.4, 0.5) is 13.2 Å². The van der Waals surface area contributed by atoms with Crippen molar-refractivity contribution in [3.63, 3.8) is 0 Å². The maximum absolute atomic E-state index is 12.1. The van der Waals surface area contributed by atoms with Gasteiger partial charge in [-0.2, -0.15) is 13.2 Å². The van der Waals surface area contributed by atoms with E-state index in [1.54, 1.807) is 13.1 Å². The van der Waals surface area contributed by atoms with E-state index in [0.717, 1.165) is 24.9 Å². The number of unbranched alkanes of at least 4 members (excludes halogenated alkanes) is 1. The zero-order valence-corrected chi connectivity index (χ0v) is 12.7. The molecule has 1 aromatic heterocycles. The molecule has 0 spiro atoms. The van der Waals surface area contributed by atoms with E-state index in [9.17, 15) is 13.2 Å². The van der Waals surface area contributed by atoms with Crippen molar-refractivity contribution in [1.29, 1.82) is 0 Å². The van der Waals surface area contributed by atoms with Crippen LogP contribution in [0.15, 0.2) is 23.3 Å². The molecule has 0 fully saturated rings. The first-order valence-corrected chi connectivity index (χ1v) is 7.03. The van der Waals surface area contributed by atoms with Gasteiger partial charge in [0.05, 0.1) is 0 Å². The van der Waals surface area contributed by atoms with Gasteiger partial charge in [-0.25, -0.2) is 4.98 Å². The van der Waals surface area contributed by atoms with Crippen LogP contribution < -0.4 is 15.4 Å². The molecule has 0 aliphatic heterocycles. The molecule has 1 rings (SSSR count). The van der Waals surface area contributed by atoms with Crippen molar-refractivity contribution in [3.05, 3.63) is 23.9 Å². The number of ether oxygens (including phenoxy) is 1. The van der Waals surface area contributed by atoms with Gasteiger partial charge in [0.1, 0.15) is 0 Å². The highest BCUT2D eigenvalue weighted by molar-refractivity contribution is 5.79. The van der Waals surface area contributed by atoms with Gasteiger partial charge in [-0.1, -0.05) is 13.3 Å². The van der Waals surface area contributed by atoms with Crippen LogP contribution in [0.5, 0.6) is 5.88 Å². The number of alkyl halides is 3. The third-order valence-electron chi connectivity index (χ3n) is 2.69. The summed E-state index contributed by atoms with van der Waals surface area (Å²) in [4.78, 5) is 7.82. The Morgan fingerprint density at radius 2 is 2.14 bits per heavy atom. The molecular formula is C14H21F3N4O. The first-order chi connectivity index (χ1) is 10.4. The third kappa shape index (κ3) is 7.70. The number of guanidine groups is 1. The van der Waals surface area contributed by atoms with Gasteiger partial charge in [0.2, 0.25) is 5.88 Å². The minimum Gasteiger partial charge on any atom is -0.468 e. The van der Waals surface area contributed by atoms with Crippen LogP contribution in [0.2, 0.25) is 0 Å². The van der Waals surface area contributed by atoms with E-state index in [1.807, 2.05) is 0 Å². The van der Waals surface area contributed by atoms with Gasteiger partial charge in [0.15, 0.2) is 12.6 Å². The van der Waals surface area contributed by atoms with Gasteiger partial charge in [-0.3, -0.25) is 4.99 Å². The highest BCUT2D eigenvalue weighted by Crippen LogP contribution is 2.17. The van der Waals surface area contributed by atoms with Gasteiger partial charge >= 0.3 is 6.18 Å². The minimum atomic E-state index is -4.37. The summed E-state index contributed by atoms with van der Waals surface area (Å²) in [6.07, 6.45) is -0.850. The molecule has 22 heavy (non-hydrogen) atoms. The summed E-state index contributed by atoms with van der Waals surface area (Å²) in [6.45, 7) is 1.97. The summed E-state index contributed by atoms with van der Waals surface area (Å²) < 4.78 is 40.9. The molecule has 0 saturated carbocycles. The van der Waals surface area contributed by atoms with E-state index in [0.29, 0.717) is 12.5 Å². The Bertz CT molecular complexity index is 477. The van der Waals surface area contributed by atoms with Crippen LogP contribution in [0.1, 0.15) is 25.3 Å². The van der Waals surface area contributed by atoms with Crippen molar-refractivity contribution in [1.82, 2.24) is 15.6 Å². The van der Waals surface area contributed by atoms with Crippen molar-refractivity contribution in [2.24, 2.45) is 4.99 Å². The molecule has 0 unspecified atom stereocenters. The SMILES string of the molecule is CCCCNC(=NC)NCc1ccnc(OCC(F)(F)F)c1. The monoisotopic (exact) mass is 318 g/mol. The summed E-state index contributed by atoms with van der Waals surface area (Å²) in [7, 11) is 1.66. The standard InChI is InChI=1S/C14H21F3N4O/c1-3-4-6-20-13(18-2)21-9-11-5-7-19-12(8-11)22-10-14(15,16)17/h5,7-8H,3-4,6,9-10H2,1-2H3,(H2,18,20,21). The Morgan fingerprint density at radius 1 is 1.36 bits per heavy atom. The Balaban J connectivity index is 2.48. The maximum Gasteiger partial charge on any atom is 0.422 e. The largest absolute Gasteiger partial charge is 0.468 e. The Labute approximate surface area is 128 Å². The molecule has 0 radical (unpaired) electrons. The fourth-order valence-corrected chi connectivity index (χ4v) is 1.59. The molecule has 1 aromatic rings. The molecule has 1 heterocycles. The Hall–Kier alpha value is -1.99. The van der Waals surface area contributed by atoms with Gasteiger partial charge in [-0.05, 0) is 18.1 Å². The third-order valence-corrected chi connectivity index (χ3v) is 2.69. The predicted molar refractivity (Wildman–Crippen MR) is 78.9 cm³/mol. The van der Waals surface area contributed by atoms with E-state index in [-0.39, 0.29) is 5.88 Å². The summed E-state index contributed by atoms with van der Waals surface area (Å²) in [6, 6.07) is 3.17. The zero-order chi connectivity index (χ0) is 16.4. The van der Waals surface area contributed by atoms with Crippen LogP contribution in [0.3, 0.4) is 0 Å². The van der Waals surface area contributed by atoms with Crippen molar-refractivity contribution < 1.29 is 17.9 Å². The number of nitrogens with zero attached hydrogens (tertiary/aromatic N) is 2. The minimum absolute atomic E-state index is 0.0504. The van der Waals surface area contributed by atoms with E-state index < -0.39 is 12.8 Å². The van der Waals surface area contributed by atoms with Crippen LogP contribution in [-0.4, -0.2) is 37.3 Å². The average Bonchev–Trinajstić information content (AvgIpc) is 2.48. The lowest BCUT2D eigenvalue weighted by Gasteiger charge is -2.12. The van der Waals surface area contributed by atoms with Gasteiger partial charge in [-0.15, -0.1) is 0 Å². The molecule has 0 amide bonds. The number of aromatic nitrogens is 1. The quantitative estimate of drug-likeness (QED) is 0.461. The first-order valence-electron chi connectivity index (χ1n) is 7.03. The lowest BCUT2D eigenvalue weighted by atomic mass is 10.2. The molecule has 0 aromatic carbocycles. The summed E-state index contributed by atoms with van der Waals surface area (Å²) in [5.74, 6) is 0.591. The Kier molecular flexibility index (Phi) is 7.48. The first kappa shape index (κ1) is 18.1. The summed E-state index contributed by atoms with van der Waals surface area (Å²) >= 11 is 0. The number of halogens is 3. The number of hydrogen-bond donors (Lipinski definition) is 2. The smallest absolute Gasteiger partial charge is 0.422 e. The molecule has 0 bridgehead atoms. The van der Waals surface area contributed by atoms with Crippen LogP contribution in [0, 0.1) is 0 Å². The molecule has 5 nitrogen and oxygen atoms in total. The van der Waals surface area contributed by atoms with Gasteiger partial charge in [0.25, 0.3) is 0 Å². The number of rotatable bonds is 7. The van der Waals surface area contributed by atoms with E-state index in [2.05, 4.69) is 32.3 Å². The lowest BCUT2D eigenvalue weighted by Crippen LogP contribution is -2.37. The number of nitrogens with one attached hydrogen (secondary N) is 2. The fraction of sp³-hybridized carbons (Fsp3) is 0.571. The Morgan fingerprint density at radius 3 is 2.77 bits per heavy atom. The van der Waals surface area contributed by atoms with Crippen molar-refractivity contribution in [3.8, 4) is 5.88 Å². The zero-order valence-electron chi connectivity index (χ0n) is 12.7. The van der Waals surface area contributed by atoms with E-state index >= 15 is 0 Å². The van der Waals surface area contributed by atoms with Crippen molar-refractivity contribution in [2.75, 3.05) is 20.2 Å². The van der Waals surface area contributed by atoms with Crippen LogP contribution in [-0.2, 0) is 6.54 Å². The second-order valence-corrected chi connectivity index (χ2v) is 4.61. The average molecular weight is 318 g/mol. The van der Waals surface area contributed by atoms with E-state index in [4.69, 9.17) is 0 Å². The molecule has 2 N–H and O–H groups in total. The van der Waals surface area contributed by atoms with Crippen LogP contribution in [0.25, 0.3) is 0 Å². The summed E-state index contributed by atoms with van der Waals surface area (Å²) in [5.41, 5.74) is 0.755. The van der Waals surface area contributed by atoms with Gasteiger partial charge in [0, 0.05) is 32.4 Å². The predicted octanol–water partition coefficient (Wildman–Crippen LogP) is 2.49. The molecule has 0 aliphatic carbocycles. The number of pyridine rings is 1. The molecular weight excluding hydrogens is 297 g/mol. The molecule has 0 aliphatic rings. The number of aliphatic imine (C=N–C) groups is 1.